The minimum absolute atomic E-state index is 1.04. The molecule has 3 heteroatoms. The lowest BCUT2D eigenvalue weighted by Gasteiger charge is -2.26. The van der Waals surface area contributed by atoms with E-state index in [9.17, 15) is 0 Å². The third kappa shape index (κ3) is 3.80. The third-order valence-electron chi connectivity index (χ3n) is 3.05. The number of nitrogens with zero attached hydrogens (tertiary/aromatic N) is 1. The molecular weight excluding hydrogens is 264 g/mol. The van der Waals surface area contributed by atoms with Crippen LogP contribution in [0.5, 0.6) is 0 Å². The van der Waals surface area contributed by atoms with Crippen molar-refractivity contribution in [1.29, 1.82) is 0 Å². The number of benzene rings is 1. The Hall–Kier alpha value is -0.540. The maximum absolute atomic E-state index is 3.46. The van der Waals surface area contributed by atoms with Crippen LogP contribution < -0.4 is 5.32 Å². The quantitative estimate of drug-likeness (QED) is 0.911. The van der Waals surface area contributed by atoms with E-state index in [1.54, 1.807) is 0 Å². The summed E-state index contributed by atoms with van der Waals surface area (Å²) >= 11 is 3.44. The van der Waals surface area contributed by atoms with Gasteiger partial charge < -0.3 is 10.2 Å². The molecule has 2 rings (SSSR count). The molecule has 1 aromatic carbocycles. The predicted molar refractivity (Wildman–Crippen MR) is 72.9 cm³/mol. The molecule has 1 N–H and O–H groups in total. The fraction of sp³-hybridized carbons (Fsp3) is 0.538. The van der Waals surface area contributed by atoms with Gasteiger partial charge in [-0.25, -0.2) is 0 Å². The lowest BCUT2D eigenvalue weighted by atomic mass is 10.1. The number of hydrogen-bond donors (Lipinski definition) is 1. The highest BCUT2D eigenvalue weighted by Crippen LogP contribution is 2.14. The van der Waals surface area contributed by atoms with Crippen LogP contribution in [0, 0.1) is 0 Å². The van der Waals surface area contributed by atoms with Crippen LogP contribution in [0.4, 0.5) is 5.69 Å². The zero-order valence-electron chi connectivity index (χ0n) is 9.58. The Bertz CT molecular complexity index is 304. The average Bonchev–Trinajstić information content (AvgIpc) is 2.33. The standard InChI is InChI=1S/C13H19BrN2/c14-12-4-6-13(7-5-12)15-8-11-16-9-2-1-3-10-16/h4-7,15H,1-3,8-11H2. The lowest BCUT2D eigenvalue weighted by molar-refractivity contribution is 0.237. The molecule has 1 aliphatic rings. The number of rotatable bonds is 4. The summed E-state index contributed by atoms with van der Waals surface area (Å²) in [6, 6.07) is 8.37. The molecule has 0 unspecified atom stereocenters. The normalized spacial score (nSPS) is 17.3. The SMILES string of the molecule is Brc1ccc(NCCN2CCCCC2)cc1. The summed E-state index contributed by atoms with van der Waals surface area (Å²) in [5, 5.41) is 3.46. The smallest absolute Gasteiger partial charge is 0.0341 e. The van der Waals surface area contributed by atoms with E-state index in [-0.39, 0.29) is 0 Å². The summed E-state index contributed by atoms with van der Waals surface area (Å²) in [6.45, 7) is 4.77. The number of halogens is 1. The summed E-state index contributed by atoms with van der Waals surface area (Å²) in [6.07, 6.45) is 4.16. The molecule has 1 aromatic rings. The topological polar surface area (TPSA) is 15.3 Å². The fourth-order valence-corrected chi connectivity index (χ4v) is 2.37. The van der Waals surface area contributed by atoms with E-state index >= 15 is 0 Å². The zero-order valence-corrected chi connectivity index (χ0v) is 11.2. The monoisotopic (exact) mass is 282 g/mol. The molecule has 0 saturated carbocycles. The van der Waals surface area contributed by atoms with E-state index < -0.39 is 0 Å². The van der Waals surface area contributed by atoms with Crippen molar-refractivity contribution in [3.63, 3.8) is 0 Å². The van der Waals surface area contributed by atoms with Crippen LogP contribution in [0.15, 0.2) is 28.7 Å². The van der Waals surface area contributed by atoms with E-state index in [1.807, 2.05) is 0 Å². The molecule has 1 fully saturated rings. The van der Waals surface area contributed by atoms with Gasteiger partial charge in [-0.05, 0) is 50.2 Å². The zero-order chi connectivity index (χ0) is 11.2. The number of nitrogens with one attached hydrogen (secondary N) is 1. The van der Waals surface area contributed by atoms with Crippen molar-refractivity contribution in [2.45, 2.75) is 19.3 Å². The number of hydrogen-bond acceptors (Lipinski definition) is 2. The minimum atomic E-state index is 1.04. The largest absolute Gasteiger partial charge is 0.384 e. The second kappa shape index (κ2) is 6.26. The summed E-state index contributed by atoms with van der Waals surface area (Å²) in [5.41, 5.74) is 1.21. The van der Waals surface area contributed by atoms with Gasteiger partial charge in [0.05, 0.1) is 0 Å². The number of piperidine rings is 1. The first-order valence-electron chi connectivity index (χ1n) is 6.06. The molecule has 0 bridgehead atoms. The van der Waals surface area contributed by atoms with Gasteiger partial charge in [-0.2, -0.15) is 0 Å². The summed E-state index contributed by atoms with van der Waals surface area (Å²) in [4.78, 5) is 2.55. The van der Waals surface area contributed by atoms with Gasteiger partial charge in [0.25, 0.3) is 0 Å². The van der Waals surface area contributed by atoms with Crippen LogP contribution >= 0.6 is 15.9 Å². The van der Waals surface area contributed by atoms with Crippen molar-refractivity contribution in [3.05, 3.63) is 28.7 Å². The second-order valence-corrected chi connectivity index (χ2v) is 5.25. The van der Waals surface area contributed by atoms with Crippen molar-refractivity contribution in [3.8, 4) is 0 Å². The Morgan fingerprint density at radius 1 is 1.06 bits per heavy atom. The van der Waals surface area contributed by atoms with Crippen LogP contribution in [0.1, 0.15) is 19.3 Å². The molecule has 88 valence electrons. The molecule has 1 heterocycles. The van der Waals surface area contributed by atoms with Crippen LogP contribution in [0.25, 0.3) is 0 Å². The van der Waals surface area contributed by atoms with Gasteiger partial charge >= 0.3 is 0 Å². The van der Waals surface area contributed by atoms with E-state index in [0.29, 0.717) is 0 Å². The Morgan fingerprint density at radius 2 is 1.75 bits per heavy atom. The molecular formula is C13H19BrN2. The molecule has 1 aliphatic heterocycles. The van der Waals surface area contributed by atoms with Crippen molar-refractivity contribution in [2.75, 3.05) is 31.5 Å². The van der Waals surface area contributed by atoms with Gasteiger partial charge in [-0.1, -0.05) is 22.4 Å². The first kappa shape index (κ1) is 11.9. The van der Waals surface area contributed by atoms with Crippen molar-refractivity contribution < 1.29 is 0 Å². The summed E-state index contributed by atoms with van der Waals surface area (Å²) in [5.74, 6) is 0. The summed E-state index contributed by atoms with van der Waals surface area (Å²) < 4.78 is 1.13. The van der Waals surface area contributed by atoms with Gasteiger partial charge in [-0.3, -0.25) is 0 Å². The Morgan fingerprint density at radius 3 is 2.44 bits per heavy atom. The molecule has 0 radical (unpaired) electrons. The maximum atomic E-state index is 3.46. The molecule has 0 atom stereocenters. The molecule has 1 saturated heterocycles. The molecule has 16 heavy (non-hydrogen) atoms. The van der Waals surface area contributed by atoms with E-state index in [1.165, 1.54) is 38.0 Å². The van der Waals surface area contributed by atoms with Crippen LogP contribution in [0.2, 0.25) is 0 Å². The predicted octanol–water partition coefficient (Wildman–Crippen LogP) is 3.35. The Balaban J connectivity index is 1.69. The van der Waals surface area contributed by atoms with Gasteiger partial charge in [0, 0.05) is 23.2 Å². The van der Waals surface area contributed by atoms with Crippen molar-refractivity contribution in [1.82, 2.24) is 4.90 Å². The van der Waals surface area contributed by atoms with Gasteiger partial charge in [-0.15, -0.1) is 0 Å². The molecule has 0 spiro atoms. The van der Waals surface area contributed by atoms with Gasteiger partial charge in [0.15, 0.2) is 0 Å². The molecule has 0 amide bonds. The Labute approximate surface area is 106 Å². The number of anilines is 1. The van der Waals surface area contributed by atoms with Crippen LogP contribution in [0.3, 0.4) is 0 Å². The second-order valence-electron chi connectivity index (χ2n) is 4.34. The van der Waals surface area contributed by atoms with Crippen LogP contribution in [-0.2, 0) is 0 Å². The van der Waals surface area contributed by atoms with Crippen molar-refractivity contribution >= 4 is 21.6 Å². The highest BCUT2D eigenvalue weighted by Gasteiger charge is 2.08. The first-order valence-corrected chi connectivity index (χ1v) is 6.86. The van der Waals surface area contributed by atoms with Gasteiger partial charge in [0.1, 0.15) is 0 Å². The molecule has 2 nitrogen and oxygen atoms in total. The maximum Gasteiger partial charge on any atom is 0.0341 e. The Kier molecular flexibility index (Phi) is 4.67. The molecule has 0 aromatic heterocycles. The third-order valence-corrected chi connectivity index (χ3v) is 3.58. The number of likely N-dealkylation sites (tertiary alicyclic amines) is 1. The minimum Gasteiger partial charge on any atom is -0.384 e. The van der Waals surface area contributed by atoms with E-state index in [4.69, 9.17) is 0 Å². The fourth-order valence-electron chi connectivity index (χ4n) is 2.11. The van der Waals surface area contributed by atoms with E-state index in [0.717, 1.165) is 17.6 Å². The first-order chi connectivity index (χ1) is 7.84. The van der Waals surface area contributed by atoms with Crippen molar-refractivity contribution in [2.24, 2.45) is 0 Å². The lowest BCUT2D eigenvalue weighted by Crippen LogP contribution is -2.33. The van der Waals surface area contributed by atoms with E-state index in [2.05, 4.69) is 50.4 Å². The average molecular weight is 283 g/mol. The highest BCUT2D eigenvalue weighted by molar-refractivity contribution is 9.10. The van der Waals surface area contributed by atoms with Gasteiger partial charge in [0.2, 0.25) is 0 Å². The van der Waals surface area contributed by atoms with Crippen LogP contribution in [-0.4, -0.2) is 31.1 Å². The summed E-state index contributed by atoms with van der Waals surface area (Å²) in [7, 11) is 0. The molecule has 0 aliphatic carbocycles. The highest BCUT2D eigenvalue weighted by atomic mass is 79.9.